The summed E-state index contributed by atoms with van der Waals surface area (Å²) in [4.78, 5) is 4.72. The van der Waals surface area contributed by atoms with Gasteiger partial charge in [0.15, 0.2) is 6.07 Å². The maximum atomic E-state index is 10.0. The second-order valence-corrected chi connectivity index (χ2v) is 8.47. The Morgan fingerprint density at radius 2 is 1.61 bits per heavy atom. The van der Waals surface area contributed by atoms with Gasteiger partial charge < -0.3 is 0 Å². The SMILES string of the molecule is N#CC1=CN=C(c2ccc(Cl)cc2Cl)[N+]1(c1ccc(Cl)cc1)C1CCCCC1. The van der Waals surface area contributed by atoms with Crippen LogP contribution in [-0.4, -0.2) is 11.9 Å². The van der Waals surface area contributed by atoms with E-state index in [1.54, 1.807) is 12.3 Å². The first-order chi connectivity index (χ1) is 13.6. The molecule has 2 aromatic carbocycles. The number of hydrogen-bond acceptors (Lipinski definition) is 2. The van der Waals surface area contributed by atoms with Crippen LogP contribution in [0.2, 0.25) is 15.1 Å². The number of rotatable bonds is 3. The molecule has 1 unspecified atom stereocenters. The quantitative estimate of drug-likeness (QED) is 0.477. The van der Waals surface area contributed by atoms with E-state index in [2.05, 4.69) is 6.07 Å². The third kappa shape index (κ3) is 3.15. The number of nitrogens with zero attached hydrogens (tertiary/aromatic N) is 3. The van der Waals surface area contributed by atoms with Crippen molar-refractivity contribution in [2.24, 2.45) is 4.99 Å². The van der Waals surface area contributed by atoms with Gasteiger partial charge in [0.25, 0.3) is 0 Å². The molecule has 0 saturated heterocycles. The second kappa shape index (κ2) is 7.89. The molecule has 0 radical (unpaired) electrons. The first-order valence-corrected chi connectivity index (χ1v) is 10.5. The van der Waals surface area contributed by atoms with E-state index in [9.17, 15) is 5.26 Å². The van der Waals surface area contributed by atoms with Crippen LogP contribution in [0.1, 0.15) is 37.7 Å². The molecule has 28 heavy (non-hydrogen) atoms. The van der Waals surface area contributed by atoms with Gasteiger partial charge in [-0.1, -0.05) is 41.2 Å². The van der Waals surface area contributed by atoms with Crippen molar-refractivity contribution in [3.8, 4) is 6.07 Å². The summed E-state index contributed by atoms with van der Waals surface area (Å²) < 4.78 is 0.287. The van der Waals surface area contributed by atoms with E-state index >= 15 is 0 Å². The van der Waals surface area contributed by atoms with Gasteiger partial charge in [0.05, 0.1) is 10.6 Å². The van der Waals surface area contributed by atoms with Crippen molar-refractivity contribution < 1.29 is 0 Å². The molecule has 1 aliphatic carbocycles. The van der Waals surface area contributed by atoms with Crippen molar-refractivity contribution in [1.29, 1.82) is 5.26 Å². The van der Waals surface area contributed by atoms with Crippen LogP contribution in [-0.2, 0) is 0 Å². The lowest BCUT2D eigenvalue weighted by atomic mass is 9.90. The predicted octanol–water partition coefficient (Wildman–Crippen LogP) is 7.11. The lowest BCUT2D eigenvalue weighted by Crippen LogP contribution is -2.59. The van der Waals surface area contributed by atoms with Crippen LogP contribution >= 0.6 is 34.8 Å². The summed E-state index contributed by atoms with van der Waals surface area (Å²) in [7, 11) is 0. The molecular formula is C22H19Cl3N3+. The highest BCUT2D eigenvalue weighted by Crippen LogP contribution is 2.44. The van der Waals surface area contributed by atoms with E-state index in [0.29, 0.717) is 20.8 Å². The number of allylic oxidation sites excluding steroid dienone is 1. The largest absolute Gasteiger partial charge is 0.247 e. The molecule has 0 amide bonds. The van der Waals surface area contributed by atoms with Gasteiger partial charge in [-0.05, 0) is 43.2 Å². The monoisotopic (exact) mass is 430 g/mol. The highest BCUT2D eigenvalue weighted by molar-refractivity contribution is 6.37. The van der Waals surface area contributed by atoms with E-state index in [1.165, 1.54) is 6.42 Å². The molecule has 1 atom stereocenters. The minimum absolute atomic E-state index is 0.217. The molecule has 2 aromatic rings. The summed E-state index contributed by atoms with van der Waals surface area (Å²) in [6.45, 7) is 0. The van der Waals surface area contributed by atoms with Crippen LogP contribution in [0, 0.1) is 11.3 Å². The summed E-state index contributed by atoms with van der Waals surface area (Å²) in [6, 6.07) is 15.8. The number of benzene rings is 2. The molecule has 2 aliphatic rings. The van der Waals surface area contributed by atoms with E-state index in [-0.39, 0.29) is 10.5 Å². The number of nitriles is 1. The minimum Gasteiger partial charge on any atom is -0.197 e. The minimum atomic E-state index is 0.217. The maximum Gasteiger partial charge on any atom is 0.247 e. The fourth-order valence-electron chi connectivity index (χ4n) is 4.44. The number of hydrogen-bond donors (Lipinski definition) is 0. The van der Waals surface area contributed by atoms with Gasteiger partial charge in [-0.3, -0.25) is 0 Å². The van der Waals surface area contributed by atoms with Crippen LogP contribution in [0.25, 0.3) is 0 Å². The molecule has 1 aliphatic heterocycles. The van der Waals surface area contributed by atoms with E-state index in [0.717, 1.165) is 42.8 Å². The van der Waals surface area contributed by atoms with Crippen molar-refractivity contribution in [2.75, 3.05) is 0 Å². The Kier molecular flexibility index (Phi) is 5.49. The molecule has 4 rings (SSSR count). The second-order valence-electron chi connectivity index (χ2n) is 7.19. The van der Waals surface area contributed by atoms with E-state index in [1.807, 2.05) is 36.4 Å². The van der Waals surface area contributed by atoms with Gasteiger partial charge in [-0.15, -0.1) is 0 Å². The molecule has 3 nitrogen and oxygen atoms in total. The predicted molar refractivity (Wildman–Crippen MR) is 117 cm³/mol. The van der Waals surface area contributed by atoms with Crippen LogP contribution in [0.15, 0.2) is 59.4 Å². The third-order valence-corrected chi connectivity index (χ3v) is 6.47. The Labute approximate surface area is 180 Å². The zero-order valence-electron chi connectivity index (χ0n) is 15.2. The van der Waals surface area contributed by atoms with Gasteiger partial charge in [-0.25, -0.2) is 0 Å². The molecular weight excluding hydrogens is 413 g/mol. The zero-order chi connectivity index (χ0) is 19.7. The molecule has 1 saturated carbocycles. The Morgan fingerprint density at radius 3 is 2.25 bits per heavy atom. The standard InChI is InChI=1S/C22H19Cl3N3/c23-15-6-9-18(10-7-15)28(17-4-2-1-3-5-17)19(13-26)14-27-22(28)20-11-8-16(24)12-21(20)25/h6-12,14,17H,1-5H2/q+1. The Morgan fingerprint density at radius 1 is 0.929 bits per heavy atom. The van der Waals surface area contributed by atoms with Gasteiger partial charge in [0.2, 0.25) is 11.5 Å². The normalized spacial score (nSPS) is 22.5. The molecule has 1 heterocycles. The number of quaternary nitrogens is 1. The summed E-state index contributed by atoms with van der Waals surface area (Å²) in [6.07, 6.45) is 7.22. The van der Waals surface area contributed by atoms with Crippen molar-refractivity contribution in [3.05, 3.63) is 75.0 Å². The molecule has 0 aromatic heterocycles. The Balaban J connectivity index is 1.96. The summed E-state index contributed by atoms with van der Waals surface area (Å²) in [5.74, 6) is 0.771. The van der Waals surface area contributed by atoms with Crippen molar-refractivity contribution in [3.63, 3.8) is 0 Å². The molecule has 0 spiro atoms. The van der Waals surface area contributed by atoms with Crippen LogP contribution in [0.3, 0.4) is 0 Å². The van der Waals surface area contributed by atoms with Gasteiger partial charge >= 0.3 is 0 Å². The van der Waals surface area contributed by atoms with Crippen LogP contribution < -0.4 is 4.48 Å². The first-order valence-electron chi connectivity index (χ1n) is 9.37. The highest BCUT2D eigenvalue weighted by Gasteiger charge is 2.52. The van der Waals surface area contributed by atoms with E-state index < -0.39 is 0 Å². The number of amidine groups is 1. The first kappa shape index (κ1) is 19.5. The van der Waals surface area contributed by atoms with Crippen LogP contribution in [0.4, 0.5) is 5.69 Å². The smallest absolute Gasteiger partial charge is 0.197 e. The summed E-state index contributed by atoms with van der Waals surface area (Å²) in [5, 5.41) is 11.8. The fourth-order valence-corrected chi connectivity index (χ4v) is 5.06. The zero-order valence-corrected chi connectivity index (χ0v) is 17.5. The van der Waals surface area contributed by atoms with Crippen molar-refractivity contribution in [1.82, 2.24) is 4.48 Å². The Bertz CT molecular complexity index is 999. The maximum absolute atomic E-state index is 10.0. The number of halogens is 3. The van der Waals surface area contributed by atoms with Gasteiger partial charge in [0.1, 0.15) is 17.9 Å². The average Bonchev–Trinajstić information content (AvgIpc) is 3.09. The fraction of sp³-hybridized carbons (Fsp3) is 0.273. The molecule has 1 fully saturated rings. The summed E-state index contributed by atoms with van der Waals surface area (Å²) in [5.41, 5.74) is 2.38. The number of aliphatic imine (C=N–C) groups is 1. The molecule has 142 valence electrons. The highest BCUT2D eigenvalue weighted by atomic mass is 35.5. The third-order valence-electron chi connectivity index (χ3n) is 5.67. The topological polar surface area (TPSA) is 36.1 Å². The summed E-state index contributed by atoms with van der Waals surface area (Å²) >= 11 is 18.9. The molecule has 0 bridgehead atoms. The average molecular weight is 432 g/mol. The van der Waals surface area contributed by atoms with Gasteiger partial charge in [-0.2, -0.15) is 14.7 Å². The van der Waals surface area contributed by atoms with E-state index in [4.69, 9.17) is 39.8 Å². The lowest BCUT2D eigenvalue weighted by molar-refractivity contribution is 0.292. The molecule has 6 heteroatoms. The van der Waals surface area contributed by atoms with Gasteiger partial charge in [0, 0.05) is 35.0 Å². The van der Waals surface area contributed by atoms with Crippen LogP contribution in [0.5, 0.6) is 0 Å². The lowest BCUT2D eigenvalue weighted by Gasteiger charge is -2.42. The molecule has 0 N–H and O–H groups in total. The van der Waals surface area contributed by atoms with Crippen molar-refractivity contribution in [2.45, 2.75) is 38.1 Å². The Hall–Kier alpha value is -1.83. The van der Waals surface area contributed by atoms with Crippen molar-refractivity contribution >= 4 is 46.3 Å².